The monoisotopic (exact) mass is 385 g/mol. The van der Waals surface area contributed by atoms with Crippen molar-refractivity contribution in [2.75, 3.05) is 13.7 Å². The third kappa shape index (κ3) is 2.96. The van der Waals surface area contributed by atoms with Gasteiger partial charge in [-0.2, -0.15) is 0 Å². The predicted molar refractivity (Wildman–Crippen MR) is 97.8 cm³/mol. The molecule has 0 bridgehead atoms. The second-order valence-electron chi connectivity index (χ2n) is 7.18. The van der Waals surface area contributed by atoms with Crippen LogP contribution in [0.3, 0.4) is 0 Å². The van der Waals surface area contributed by atoms with E-state index in [0.29, 0.717) is 19.4 Å². The number of nitrogens with one attached hydrogen (secondary N) is 1. The number of ether oxygens (including phenoxy) is 2. The number of carbonyl (C=O) groups excluding carboxylic acids is 1. The average Bonchev–Trinajstić information content (AvgIpc) is 3.40. The van der Waals surface area contributed by atoms with Crippen LogP contribution in [0.2, 0.25) is 0 Å². The Morgan fingerprint density at radius 3 is 2.82 bits per heavy atom. The normalized spacial score (nSPS) is 23.3. The van der Waals surface area contributed by atoms with Crippen LogP contribution in [0, 0.1) is 11.7 Å². The van der Waals surface area contributed by atoms with Crippen LogP contribution in [0.5, 0.6) is 11.5 Å². The molecular weight excluding hydrogens is 365 g/mol. The molecule has 2 N–H and O–H groups in total. The number of carbonyl (C=O) groups is 2. The van der Waals surface area contributed by atoms with E-state index in [1.807, 2.05) is 24.3 Å². The SMILES string of the molecule is COc1ccc(C(NC(=O)[C@@H]2C[C@]23CCOc2ccccc23)C(=O)O)cc1F. The Hall–Kier alpha value is -3.09. The van der Waals surface area contributed by atoms with Gasteiger partial charge < -0.3 is 19.9 Å². The molecule has 6 nitrogen and oxygen atoms in total. The van der Waals surface area contributed by atoms with E-state index < -0.39 is 17.8 Å². The molecule has 4 rings (SSSR count). The number of rotatable bonds is 5. The highest BCUT2D eigenvalue weighted by Gasteiger charge is 2.61. The van der Waals surface area contributed by atoms with Crippen molar-refractivity contribution in [1.82, 2.24) is 5.32 Å². The predicted octanol–water partition coefficient (Wildman–Crippen LogP) is 2.82. The standard InChI is InChI=1S/C21H20FNO5/c1-27-17-7-6-12(10-15(17)22)18(20(25)26)23-19(24)14-11-21(14)8-9-28-16-5-3-2-4-13(16)21/h2-7,10,14,18H,8-9,11H2,1H3,(H,23,24)(H,25,26)/t14-,18?,21-/m0/s1. The van der Waals surface area contributed by atoms with Crippen LogP contribution >= 0.6 is 0 Å². The first-order valence-electron chi connectivity index (χ1n) is 9.05. The Morgan fingerprint density at radius 1 is 1.32 bits per heavy atom. The zero-order valence-corrected chi connectivity index (χ0v) is 15.3. The zero-order valence-electron chi connectivity index (χ0n) is 15.3. The van der Waals surface area contributed by atoms with Crippen molar-refractivity contribution in [2.24, 2.45) is 5.92 Å². The lowest BCUT2D eigenvalue weighted by Gasteiger charge is -2.27. The average molecular weight is 385 g/mol. The summed E-state index contributed by atoms with van der Waals surface area (Å²) in [5.41, 5.74) is 0.831. The second-order valence-corrected chi connectivity index (χ2v) is 7.18. The van der Waals surface area contributed by atoms with Gasteiger partial charge in [0.25, 0.3) is 0 Å². The fourth-order valence-electron chi connectivity index (χ4n) is 4.10. The lowest BCUT2D eigenvalue weighted by Crippen LogP contribution is -2.37. The van der Waals surface area contributed by atoms with E-state index in [0.717, 1.165) is 17.4 Å². The van der Waals surface area contributed by atoms with E-state index in [1.165, 1.54) is 19.2 Å². The molecule has 1 amide bonds. The number of amides is 1. The molecule has 1 saturated carbocycles. The first-order valence-corrected chi connectivity index (χ1v) is 9.05. The highest BCUT2D eigenvalue weighted by molar-refractivity contribution is 5.89. The Morgan fingerprint density at radius 2 is 2.11 bits per heavy atom. The van der Waals surface area contributed by atoms with E-state index in [1.54, 1.807) is 0 Å². The van der Waals surface area contributed by atoms with E-state index >= 15 is 0 Å². The molecule has 146 valence electrons. The van der Waals surface area contributed by atoms with Crippen molar-refractivity contribution < 1.29 is 28.6 Å². The van der Waals surface area contributed by atoms with Crippen molar-refractivity contribution >= 4 is 11.9 Å². The first-order chi connectivity index (χ1) is 13.5. The smallest absolute Gasteiger partial charge is 0.330 e. The van der Waals surface area contributed by atoms with E-state index in [9.17, 15) is 19.1 Å². The van der Waals surface area contributed by atoms with Crippen LogP contribution in [-0.4, -0.2) is 30.7 Å². The molecular formula is C21H20FNO5. The highest BCUT2D eigenvalue weighted by Crippen LogP contribution is 2.60. The summed E-state index contributed by atoms with van der Waals surface area (Å²) in [5, 5.41) is 12.1. The lowest BCUT2D eigenvalue weighted by atomic mass is 9.87. The van der Waals surface area contributed by atoms with Crippen LogP contribution in [0.15, 0.2) is 42.5 Å². The summed E-state index contributed by atoms with van der Waals surface area (Å²) in [6, 6.07) is 10.1. The van der Waals surface area contributed by atoms with Gasteiger partial charge in [0.1, 0.15) is 5.75 Å². The topological polar surface area (TPSA) is 84.9 Å². The van der Waals surface area contributed by atoms with Crippen LogP contribution in [0.1, 0.15) is 30.0 Å². The van der Waals surface area contributed by atoms with Gasteiger partial charge in [-0.15, -0.1) is 0 Å². The van der Waals surface area contributed by atoms with Gasteiger partial charge in [0.05, 0.1) is 13.7 Å². The maximum absolute atomic E-state index is 14.0. The summed E-state index contributed by atoms with van der Waals surface area (Å²) < 4.78 is 24.5. The van der Waals surface area contributed by atoms with Gasteiger partial charge in [0, 0.05) is 16.9 Å². The summed E-state index contributed by atoms with van der Waals surface area (Å²) >= 11 is 0. The molecule has 1 aliphatic carbocycles. The Kier molecular flexibility index (Phi) is 4.45. The molecule has 3 atom stereocenters. The van der Waals surface area contributed by atoms with Gasteiger partial charge in [0.15, 0.2) is 17.6 Å². The number of benzene rings is 2. The number of para-hydroxylation sites is 1. The van der Waals surface area contributed by atoms with Crippen molar-refractivity contribution in [3.05, 3.63) is 59.4 Å². The zero-order chi connectivity index (χ0) is 19.9. The second kappa shape index (κ2) is 6.82. The number of hydrogen-bond acceptors (Lipinski definition) is 4. The Balaban J connectivity index is 1.55. The molecule has 0 radical (unpaired) electrons. The summed E-state index contributed by atoms with van der Waals surface area (Å²) in [5.74, 6) is -1.82. The van der Waals surface area contributed by atoms with Crippen molar-refractivity contribution in [3.63, 3.8) is 0 Å². The van der Waals surface area contributed by atoms with E-state index in [-0.39, 0.29) is 28.6 Å². The van der Waals surface area contributed by atoms with Crippen LogP contribution in [0.25, 0.3) is 0 Å². The molecule has 2 aromatic rings. The maximum atomic E-state index is 14.0. The molecule has 1 aliphatic heterocycles. The minimum Gasteiger partial charge on any atom is -0.494 e. The first kappa shape index (κ1) is 18.3. The van der Waals surface area contributed by atoms with E-state index in [4.69, 9.17) is 9.47 Å². The summed E-state index contributed by atoms with van der Waals surface area (Å²) in [4.78, 5) is 24.6. The molecule has 1 heterocycles. The van der Waals surface area contributed by atoms with Crippen LogP contribution in [0.4, 0.5) is 4.39 Å². The Bertz CT molecular complexity index is 946. The van der Waals surface area contributed by atoms with Crippen molar-refractivity contribution in [3.8, 4) is 11.5 Å². The minimum absolute atomic E-state index is 0.0131. The quantitative estimate of drug-likeness (QED) is 0.827. The molecule has 2 aliphatic rings. The number of carboxylic acids is 1. The fourth-order valence-corrected chi connectivity index (χ4v) is 4.10. The van der Waals surface area contributed by atoms with E-state index in [2.05, 4.69) is 5.32 Å². The molecule has 7 heteroatoms. The van der Waals surface area contributed by atoms with Crippen molar-refractivity contribution in [2.45, 2.75) is 24.3 Å². The molecule has 2 aromatic carbocycles. The molecule has 1 unspecified atom stereocenters. The van der Waals surface area contributed by atoms with Gasteiger partial charge in [-0.05, 0) is 36.6 Å². The van der Waals surface area contributed by atoms with Crippen LogP contribution in [-0.2, 0) is 15.0 Å². The number of aliphatic carboxylic acids is 1. The number of carboxylic acid groups (broad SMARTS) is 1. The minimum atomic E-state index is -1.33. The van der Waals surface area contributed by atoms with Gasteiger partial charge in [-0.25, -0.2) is 9.18 Å². The molecule has 28 heavy (non-hydrogen) atoms. The summed E-state index contributed by atoms with van der Waals surface area (Å²) in [6.45, 7) is 0.521. The highest BCUT2D eigenvalue weighted by atomic mass is 19.1. The largest absolute Gasteiger partial charge is 0.494 e. The van der Waals surface area contributed by atoms with Gasteiger partial charge in [-0.3, -0.25) is 4.79 Å². The van der Waals surface area contributed by atoms with Crippen molar-refractivity contribution in [1.29, 1.82) is 0 Å². The lowest BCUT2D eigenvalue weighted by molar-refractivity contribution is -0.142. The summed E-state index contributed by atoms with van der Waals surface area (Å²) in [6.07, 6.45) is 1.35. The third-order valence-corrected chi connectivity index (χ3v) is 5.66. The number of hydrogen-bond donors (Lipinski definition) is 2. The van der Waals surface area contributed by atoms with Gasteiger partial charge in [0.2, 0.25) is 5.91 Å². The number of fused-ring (bicyclic) bond motifs is 2. The van der Waals surface area contributed by atoms with Gasteiger partial charge in [-0.1, -0.05) is 24.3 Å². The number of halogens is 1. The number of methoxy groups -OCH3 is 1. The molecule has 1 spiro atoms. The molecule has 1 fully saturated rings. The molecule has 0 aromatic heterocycles. The fraction of sp³-hybridized carbons (Fsp3) is 0.333. The van der Waals surface area contributed by atoms with Crippen LogP contribution < -0.4 is 14.8 Å². The third-order valence-electron chi connectivity index (χ3n) is 5.66. The molecule has 0 saturated heterocycles. The van der Waals surface area contributed by atoms with Gasteiger partial charge >= 0.3 is 5.97 Å². The maximum Gasteiger partial charge on any atom is 0.330 e. The summed E-state index contributed by atoms with van der Waals surface area (Å²) in [7, 11) is 1.33. The Labute approximate surface area is 161 Å².